The molecule has 3 rings (SSSR count). The maximum absolute atomic E-state index is 12.8. The molecule has 184 valence electrons. The summed E-state index contributed by atoms with van der Waals surface area (Å²) in [6.45, 7) is 4.91. The van der Waals surface area contributed by atoms with Crippen LogP contribution in [0, 0.1) is 0 Å². The van der Waals surface area contributed by atoms with E-state index in [-0.39, 0.29) is 17.0 Å². The van der Waals surface area contributed by atoms with Gasteiger partial charge < -0.3 is 14.8 Å². The molecule has 1 aliphatic rings. The Balaban J connectivity index is 1.63. The van der Waals surface area contributed by atoms with Gasteiger partial charge in [-0.3, -0.25) is 10.1 Å². The van der Waals surface area contributed by atoms with Gasteiger partial charge in [0.25, 0.3) is 5.91 Å². The van der Waals surface area contributed by atoms with Crippen molar-refractivity contribution in [3.63, 3.8) is 0 Å². The Labute approximate surface area is 218 Å². The van der Waals surface area contributed by atoms with Crippen molar-refractivity contribution < 1.29 is 19.1 Å². The molecule has 1 aromatic heterocycles. The summed E-state index contributed by atoms with van der Waals surface area (Å²) in [5, 5.41) is 6.54. The molecule has 1 aliphatic carbocycles. The highest BCUT2D eigenvalue weighted by atomic mass is 79.9. The maximum atomic E-state index is 12.8. The number of esters is 1. The molecule has 34 heavy (non-hydrogen) atoms. The van der Waals surface area contributed by atoms with Crippen LogP contribution < -0.4 is 15.4 Å². The van der Waals surface area contributed by atoms with E-state index >= 15 is 0 Å². The lowest BCUT2D eigenvalue weighted by Crippen LogP contribution is -2.34. The first-order chi connectivity index (χ1) is 16.4. The first-order valence-electron chi connectivity index (χ1n) is 11.8. The molecule has 0 bridgehead atoms. The standard InChI is InChI=1S/C25H31BrN2O4S2/c1-3-5-6-9-14-32-19-13-12-16(15-18(19)26)22(29)27-25(33)28-23-21(24(30)31-4-2)17-10-7-8-11-20(17)34-23/h12-13,15H,3-11,14H2,1-2H3,(H2,27,28,29,33). The normalized spacial score (nSPS) is 12.6. The molecule has 2 N–H and O–H groups in total. The smallest absolute Gasteiger partial charge is 0.341 e. The highest BCUT2D eigenvalue weighted by Crippen LogP contribution is 2.38. The lowest BCUT2D eigenvalue weighted by atomic mass is 9.95. The molecule has 0 radical (unpaired) electrons. The number of carbonyl (C=O) groups excluding carboxylic acids is 2. The summed E-state index contributed by atoms with van der Waals surface area (Å²) in [4.78, 5) is 26.6. The highest BCUT2D eigenvalue weighted by Gasteiger charge is 2.27. The number of ether oxygens (including phenoxy) is 2. The molecular weight excluding hydrogens is 536 g/mol. The van der Waals surface area contributed by atoms with Crippen LogP contribution in [0.4, 0.5) is 5.00 Å². The van der Waals surface area contributed by atoms with Gasteiger partial charge in [-0.05, 0) is 90.9 Å². The van der Waals surface area contributed by atoms with E-state index in [0.29, 0.717) is 39.6 Å². The van der Waals surface area contributed by atoms with Crippen LogP contribution >= 0.6 is 39.5 Å². The molecule has 6 nitrogen and oxygen atoms in total. The van der Waals surface area contributed by atoms with Gasteiger partial charge in [0.1, 0.15) is 10.8 Å². The van der Waals surface area contributed by atoms with E-state index in [4.69, 9.17) is 21.7 Å². The Morgan fingerprint density at radius 1 is 1.15 bits per heavy atom. The molecule has 0 spiro atoms. The fourth-order valence-corrected chi connectivity index (χ4v) is 5.89. The van der Waals surface area contributed by atoms with Gasteiger partial charge in [-0.1, -0.05) is 26.2 Å². The van der Waals surface area contributed by atoms with Gasteiger partial charge in [-0.25, -0.2) is 4.79 Å². The second-order valence-electron chi connectivity index (χ2n) is 8.10. The quantitative estimate of drug-likeness (QED) is 0.190. The number of thiocarbonyl (C=S) groups is 1. The molecule has 1 aromatic carbocycles. The van der Waals surface area contributed by atoms with Crippen molar-refractivity contribution in [2.45, 2.75) is 65.2 Å². The van der Waals surface area contributed by atoms with E-state index in [0.717, 1.165) is 44.1 Å². The van der Waals surface area contributed by atoms with E-state index in [2.05, 4.69) is 33.5 Å². The maximum Gasteiger partial charge on any atom is 0.341 e. The van der Waals surface area contributed by atoms with Gasteiger partial charge in [-0.15, -0.1) is 11.3 Å². The lowest BCUT2D eigenvalue weighted by molar-refractivity contribution is 0.0526. The van der Waals surface area contributed by atoms with Crippen LogP contribution in [0.2, 0.25) is 0 Å². The molecular formula is C25H31BrN2O4S2. The van der Waals surface area contributed by atoms with Crippen LogP contribution in [0.1, 0.15) is 83.5 Å². The SMILES string of the molecule is CCCCCCOc1ccc(C(=O)NC(=S)Nc2sc3c(c2C(=O)OCC)CCCC3)cc1Br. The molecule has 9 heteroatoms. The summed E-state index contributed by atoms with van der Waals surface area (Å²) in [6, 6.07) is 5.20. The number of anilines is 1. The Kier molecular flexibility index (Phi) is 10.3. The van der Waals surface area contributed by atoms with Gasteiger partial charge in [0.05, 0.1) is 23.2 Å². The number of hydrogen-bond donors (Lipinski definition) is 2. The third-order valence-corrected chi connectivity index (χ3v) is 7.59. The summed E-state index contributed by atoms with van der Waals surface area (Å²) in [7, 11) is 0. The fourth-order valence-electron chi connectivity index (χ4n) is 3.85. The van der Waals surface area contributed by atoms with Gasteiger partial charge >= 0.3 is 5.97 Å². The Morgan fingerprint density at radius 2 is 1.94 bits per heavy atom. The van der Waals surface area contributed by atoms with E-state index in [1.54, 1.807) is 25.1 Å². The minimum absolute atomic E-state index is 0.140. The summed E-state index contributed by atoms with van der Waals surface area (Å²) in [5.74, 6) is 0.0106. The van der Waals surface area contributed by atoms with Gasteiger partial charge in [0.15, 0.2) is 5.11 Å². The fraction of sp³-hybridized carbons (Fsp3) is 0.480. The van der Waals surface area contributed by atoms with Crippen molar-refractivity contribution >= 4 is 61.5 Å². The third kappa shape index (κ3) is 7.02. The molecule has 0 fully saturated rings. The number of amides is 1. The second-order valence-corrected chi connectivity index (χ2v) is 10.5. The van der Waals surface area contributed by atoms with Crippen molar-refractivity contribution in [2.75, 3.05) is 18.5 Å². The molecule has 0 aliphatic heterocycles. The zero-order valence-corrected chi connectivity index (χ0v) is 22.8. The van der Waals surface area contributed by atoms with E-state index in [1.807, 2.05) is 0 Å². The number of rotatable bonds is 10. The summed E-state index contributed by atoms with van der Waals surface area (Å²) in [5.41, 5.74) is 2.03. The van der Waals surface area contributed by atoms with Gasteiger partial charge in [-0.2, -0.15) is 0 Å². The number of aryl methyl sites for hydroxylation is 1. The van der Waals surface area contributed by atoms with Crippen molar-refractivity contribution in [2.24, 2.45) is 0 Å². The minimum Gasteiger partial charge on any atom is -0.492 e. The Morgan fingerprint density at radius 3 is 2.68 bits per heavy atom. The first kappa shape index (κ1) is 26.6. The van der Waals surface area contributed by atoms with E-state index < -0.39 is 0 Å². The van der Waals surface area contributed by atoms with Crippen LogP contribution in [-0.4, -0.2) is 30.2 Å². The van der Waals surface area contributed by atoms with Crippen molar-refractivity contribution in [3.05, 3.63) is 44.2 Å². The molecule has 2 aromatic rings. The molecule has 0 unspecified atom stereocenters. The van der Waals surface area contributed by atoms with Crippen LogP contribution in [-0.2, 0) is 17.6 Å². The number of unbranched alkanes of at least 4 members (excludes halogenated alkanes) is 3. The number of thiophene rings is 1. The summed E-state index contributed by atoms with van der Waals surface area (Å²) >= 11 is 10.4. The largest absolute Gasteiger partial charge is 0.492 e. The summed E-state index contributed by atoms with van der Waals surface area (Å²) < 4.78 is 11.8. The molecule has 1 heterocycles. The number of benzene rings is 1. The van der Waals surface area contributed by atoms with Crippen molar-refractivity contribution in [3.8, 4) is 5.75 Å². The number of nitrogens with one attached hydrogen (secondary N) is 2. The zero-order valence-electron chi connectivity index (χ0n) is 19.6. The average Bonchev–Trinajstić information content (AvgIpc) is 3.17. The average molecular weight is 568 g/mol. The molecule has 1 amide bonds. The summed E-state index contributed by atoms with van der Waals surface area (Å²) in [6.07, 6.45) is 8.46. The predicted octanol–water partition coefficient (Wildman–Crippen LogP) is 6.65. The Bertz CT molecular complexity index is 1040. The molecule has 0 saturated heterocycles. The monoisotopic (exact) mass is 566 g/mol. The number of fused-ring (bicyclic) bond motifs is 1. The first-order valence-corrected chi connectivity index (χ1v) is 13.8. The van der Waals surface area contributed by atoms with Crippen LogP contribution in [0.5, 0.6) is 5.75 Å². The van der Waals surface area contributed by atoms with Crippen LogP contribution in [0.15, 0.2) is 22.7 Å². The molecule has 0 saturated carbocycles. The van der Waals surface area contributed by atoms with Crippen LogP contribution in [0.3, 0.4) is 0 Å². The highest BCUT2D eigenvalue weighted by molar-refractivity contribution is 9.10. The Hall–Kier alpha value is -1.97. The number of hydrogen-bond acceptors (Lipinski definition) is 6. The van der Waals surface area contributed by atoms with Crippen molar-refractivity contribution in [1.82, 2.24) is 5.32 Å². The van der Waals surface area contributed by atoms with Gasteiger partial charge in [0, 0.05) is 10.4 Å². The van der Waals surface area contributed by atoms with Gasteiger partial charge in [0.2, 0.25) is 0 Å². The van der Waals surface area contributed by atoms with E-state index in [1.165, 1.54) is 29.1 Å². The molecule has 0 atom stereocenters. The lowest BCUT2D eigenvalue weighted by Gasteiger charge is -2.13. The predicted molar refractivity (Wildman–Crippen MR) is 144 cm³/mol. The van der Waals surface area contributed by atoms with Crippen LogP contribution in [0.25, 0.3) is 0 Å². The second kappa shape index (κ2) is 13.2. The number of halogens is 1. The van der Waals surface area contributed by atoms with E-state index in [9.17, 15) is 9.59 Å². The topological polar surface area (TPSA) is 76.7 Å². The third-order valence-electron chi connectivity index (χ3n) is 5.55. The van der Waals surface area contributed by atoms with Crippen molar-refractivity contribution in [1.29, 1.82) is 0 Å². The number of carbonyl (C=O) groups is 2. The zero-order chi connectivity index (χ0) is 24.5. The minimum atomic E-state index is -0.354.